The molecule has 2 aromatic rings. The standard InChI is InChI=1S/C19H19FN2O3.C2H4O2/c20-15-8-21-7-6-13(15)18(25)22-9-16(24)19(11-22)14(10-23)17(19)12-4-2-1-3-5-12;1-2(3)4/h1-8,14,16-17,23-24H,9-11H2;1H3,(H,3,4)/t14-,16+,17-,19-;/m1./s1. The van der Waals surface area contributed by atoms with Crippen LogP contribution in [0.2, 0.25) is 0 Å². The number of benzene rings is 1. The van der Waals surface area contributed by atoms with Crippen LogP contribution in [0.25, 0.3) is 0 Å². The lowest BCUT2D eigenvalue weighted by Gasteiger charge is -2.17. The fourth-order valence-electron chi connectivity index (χ4n) is 4.44. The molecular weight excluding hydrogens is 379 g/mol. The largest absolute Gasteiger partial charge is 0.481 e. The van der Waals surface area contributed by atoms with Gasteiger partial charge in [-0.3, -0.25) is 14.6 Å². The Kier molecular flexibility index (Phi) is 5.95. The maximum atomic E-state index is 13.9. The molecule has 154 valence electrons. The van der Waals surface area contributed by atoms with E-state index >= 15 is 0 Å². The minimum absolute atomic E-state index is 0.00575. The molecule has 1 aliphatic carbocycles. The summed E-state index contributed by atoms with van der Waals surface area (Å²) in [5, 5.41) is 27.9. The average molecular weight is 402 g/mol. The lowest BCUT2D eigenvalue weighted by Crippen LogP contribution is -2.30. The molecule has 1 amide bonds. The monoisotopic (exact) mass is 402 g/mol. The zero-order chi connectivity index (χ0) is 21.2. The zero-order valence-electron chi connectivity index (χ0n) is 15.9. The van der Waals surface area contributed by atoms with Crippen LogP contribution >= 0.6 is 0 Å². The number of pyridine rings is 1. The van der Waals surface area contributed by atoms with Gasteiger partial charge in [-0.1, -0.05) is 30.3 Å². The van der Waals surface area contributed by atoms with E-state index in [0.717, 1.165) is 18.7 Å². The average Bonchev–Trinajstić information content (AvgIpc) is 3.23. The van der Waals surface area contributed by atoms with Crippen molar-refractivity contribution in [3.8, 4) is 0 Å². The first-order chi connectivity index (χ1) is 13.8. The van der Waals surface area contributed by atoms with Gasteiger partial charge in [0.2, 0.25) is 0 Å². The van der Waals surface area contributed by atoms with Gasteiger partial charge in [-0.15, -0.1) is 0 Å². The van der Waals surface area contributed by atoms with E-state index < -0.39 is 29.2 Å². The minimum atomic E-state index is -0.833. The molecule has 1 aliphatic heterocycles. The zero-order valence-corrected chi connectivity index (χ0v) is 15.9. The normalized spacial score (nSPS) is 27.3. The number of rotatable bonds is 3. The molecule has 4 rings (SSSR count). The summed E-state index contributed by atoms with van der Waals surface area (Å²) in [7, 11) is 0. The van der Waals surface area contributed by atoms with Gasteiger partial charge in [0, 0.05) is 38.2 Å². The van der Waals surface area contributed by atoms with Gasteiger partial charge in [0.1, 0.15) is 0 Å². The second-order valence-corrected chi connectivity index (χ2v) is 7.37. The topological polar surface area (TPSA) is 111 Å². The van der Waals surface area contributed by atoms with Gasteiger partial charge in [0.25, 0.3) is 11.9 Å². The van der Waals surface area contributed by atoms with Crippen molar-refractivity contribution in [2.45, 2.75) is 18.9 Å². The Labute approximate surface area is 167 Å². The Bertz CT molecular complexity index is 890. The first-order valence-corrected chi connectivity index (χ1v) is 9.25. The number of β-amino-alcohol motifs (C(OH)–C–C–N with tert-alkyl or cyclic N) is 1. The van der Waals surface area contributed by atoms with Crippen LogP contribution in [0.4, 0.5) is 4.39 Å². The van der Waals surface area contributed by atoms with Crippen LogP contribution in [0.15, 0.2) is 48.8 Å². The SMILES string of the molecule is CC(=O)O.O=C(c1ccncc1F)N1C[C@H](O)[C@@]2(C1)[C@H](CO)[C@H]2c1ccccc1. The van der Waals surface area contributed by atoms with Crippen molar-refractivity contribution in [3.05, 3.63) is 65.7 Å². The van der Waals surface area contributed by atoms with Crippen molar-refractivity contribution in [2.24, 2.45) is 11.3 Å². The number of hydrogen-bond donors (Lipinski definition) is 3. The van der Waals surface area contributed by atoms with Crippen LogP contribution in [0.3, 0.4) is 0 Å². The van der Waals surface area contributed by atoms with E-state index in [4.69, 9.17) is 9.90 Å². The van der Waals surface area contributed by atoms with Crippen LogP contribution in [0.1, 0.15) is 28.8 Å². The maximum absolute atomic E-state index is 13.9. The van der Waals surface area contributed by atoms with Crippen LogP contribution in [-0.2, 0) is 4.79 Å². The summed E-state index contributed by atoms with van der Waals surface area (Å²) in [6.45, 7) is 1.47. The number of aliphatic carboxylic acids is 1. The number of amides is 1. The number of aromatic nitrogens is 1. The second-order valence-electron chi connectivity index (χ2n) is 7.37. The summed E-state index contributed by atoms with van der Waals surface area (Å²) in [5.74, 6) is -2.07. The van der Waals surface area contributed by atoms with Crippen molar-refractivity contribution in [2.75, 3.05) is 19.7 Å². The summed E-state index contributed by atoms with van der Waals surface area (Å²) in [4.78, 5) is 26.8. The Balaban J connectivity index is 0.000000552. The number of carboxylic acids is 1. The van der Waals surface area contributed by atoms with Crippen LogP contribution in [0.5, 0.6) is 0 Å². The van der Waals surface area contributed by atoms with Crippen LogP contribution < -0.4 is 0 Å². The lowest BCUT2D eigenvalue weighted by molar-refractivity contribution is -0.134. The third-order valence-electron chi connectivity index (χ3n) is 5.69. The molecule has 1 saturated carbocycles. The van der Waals surface area contributed by atoms with E-state index in [1.165, 1.54) is 17.2 Å². The number of aliphatic hydroxyl groups is 2. The minimum Gasteiger partial charge on any atom is -0.481 e. The van der Waals surface area contributed by atoms with E-state index in [0.29, 0.717) is 6.54 Å². The molecular formula is C21H23FN2O5. The predicted molar refractivity (Wildman–Crippen MR) is 102 cm³/mol. The summed E-state index contributed by atoms with van der Waals surface area (Å²) in [5.41, 5.74) is 0.441. The third kappa shape index (κ3) is 3.86. The second kappa shape index (κ2) is 8.26. The molecule has 0 unspecified atom stereocenters. The molecule has 4 atom stereocenters. The number of carbonyl (C=O) groups is 2. The van der Waals surface area contributed by atoms with E-state index in [9.17, 15) is 19.4 Å². The van der Waals surface area contributed by atoms with E-state index in [-0.39, 0.29) is 30.6 Å². The van der Waals surface area contributed by atoms with Crippen LogP contribution in [-0.4, -0.2) is 62.9 Å². The highest BCUT2D eigenvalue weighted by atomic mass is 19.1. The van der Waals surface area contributed by atoms with Crippen LogP contribution in [0, 0.1) is 17.2 Å². The van der Waals surface area contributed by atoms with Gasteiger partial charge in [-0.2, -0.15) is 0 Å². The fourth-order valence-corrected chi connectivity index (χ4v) is 4.44. The molecule has 0 bridgehead atoms. The molecule has 8 heteroatoms. The van der Waals surface area contributed by atoms with Crippen molar-refractivity contribution >= 4 is 11.9 Å². The van der Waals surface area contributed by atoms with E-state index in [1.807, 2.05) is 30.3 Å². The summed E-state index contributed by atoms with van der Waals surface area (Å²) >= 11 is 0. The molecule has 2 fully saturated rings. The first-order valence-electron chi connectivity index (χ1n) is 9.25. The van der Waals surface area contributed by atoms with Gasteiger partial charge >= 0.3 is 0 Å². The number of nitrogens with zero attached hydrogens (tertiary/aromatic N) is 2. The molecule has 2 aliphatic rings. The number of hydrogen-bond acceptors (Lipinski definition) is 5. The molecule has 7 nitrogen and oxygen atoms in total. The molecule has 29 heavy (non-hydrogen) atoms. The molecule has 3 N–H and O–H groups in total. The van der Waals surface area contributed by atoms with Gasteiger partial charge in [0.15, 0.2) is 5.82 Å². The Morgan fingerprint density at radius 2 is 1.93 bits per heavy atom. The Morgan fingerprint density at radius 1 is 1.28 bits per heavy atom. The number of carboxylic acid groups (broad SMARTS) is 1. The highest BCUT2D eigenvalue weighted by Gasteiger charge is 2.71. The molecule has 1 saturated heterocycles. The third-order valence-corrected chi connectivity index (χ3v) is 5.69. The molecule has 1 aromatic carbocycles. The molecule has 1 aromatic heterocycles. The number of halogens is 1. The van der Waals surface area contributed by atoms with E-state index in [1.54, 1.807) is 0 Å². The fraction of sp³-hybridized carbons (Fsp3) is 0.381. The van der Waals surface area contributed by atoms with Crippen molar-refractivity contribution in [1.82, 2.24) is 9.88 Å². The van der Waals surface area contributed by atoms with Gasteiger partial charge in [-0.25, -0.2) is 4.39 Å². The highest BCUT2D eigenvalue weighted by molar-refractivity contribution is 5.94. The van der Waals surface area contributed by atoms with E-state index in [2.05, 4.69) is 4.98 Å². The van der Waals surface area contributed by atoms with Crippen molar-refractivity contribution in [3.63, 3.8) is 0 Å². The number of likely N-dealkylation sites (tertiary alicyclic amines) is 1. The lowest BCUT2D eigenvalue weighted by atomic mass is 9.95. The Morgan fingerprint density at radius 3 is 2.52 bits per heavy atom. The van der Waals surface area contributed by atoms with Gasteiger partial charge in [-0.05, 0) is 23.5 Å². The number of carbonyl (C=O) groups excluding carboxylic acids is 1. The van der Waals surface area contributed by atoms with Crippen molar-refractivity contribution in [1.29, 1.82) is 0 Å². The van der Waals surface area contributed by atoms with Crippen molar-refractivity contribution < 1.29 is 29.3 Å². The Hall–Kier alpha value is -2.84. The predicted octanol–water partition coefficient (Wildman–Crippen LogP) is 1.52. The smallest absolute Gasteiger partial charge is 0.300 e. The maximum Gasteiger partial charge on any atom is 0.300 e. The molecule has 2 heterocycles. The highest BCUT2D eigenvalue weighted by Crippen LogP contribution is 2.68. The summed E-state index contributed by atoms with van der Waals surface area (Å²) in [6, 6.07) is 11.1. The van der Waals surface area contributed by atoms with Gasteiger partial charge < -0.3 is 20.2 Å². The quantitative estimate of drug-likeness (QED) is 0.718. The first kappa shape index (κ1) is 20.9. The molecule has 1 spiro atoms. The molecule has 0 radical (unpaired) electrons. The summed E-state index contributed by atoms with van der Waals surface area (Å²) < 4.78 is 13.9. The van der Waals surface area contributed by atoms with Gasteiger partial charge in [0.05, 0.1) is 17.9 Å². The number of aliphatic hydroxyl groups excluding tert-OH is 2. The summed E-state index contributed by atoms with van der Waals surface area (Å²) in [6.07, 6.45) is 1.64.